The topological polar surface area (TPSA) is 52.3 Å². The van der Waals surface area contributed by atoms with E-state index in [1.807, 2.05) is 0 Å². The number of nitrogens with two attached hydrogens (primary N) is 1. The summed E-state index contributed by atoms with van der Waals surface area (Å²) in [5, 5.41) is 0. The summed E-state index contributed by atoms with van der Waals surface area (Å²) in [7, 11) is 0. The molecule has 0 aromatic heterocycles. The van der Waals surface area contributed by atoms with Crippen molar-refractivity contribution in [2.45, 2.75) is 38.3 Å². The van der Waals surface area contributed by atoms with Crippen molar-refractivity contribution in [3.8, 4) is 0 Å². The monoisotopic (exact) mass is 143 g/mol. The van der Waals surface area contributed by atoms with Gasteiger partial charge in [0.1, 0.15) is 12.1 Å². The number of ether oxygens (including phenoxy) is 1. The lowest BCUT2D eigenvalue weighted by Crippen LogP contribution is -2.34. The van der Waals surface area contributed by atoms with Gasteiger partial charge in [-0.2, -0.15) is 0 Å². The van der Waals surface area contributed by atoms with Crippen molar-refractivity contribution in [1.82, 2.24) is 0 Å². The molecule has 10 heavy (non-hydrogen) atoms. The van der Waals surface area contributed by atoms with Crippen LogP contribution in [0.3, 0.4) is 0 Å². The minimum Gasteiger partial charge on any atom is -0.461 e. The van der Waals surface area contributed by atoms with E-state index in [0.29, 0.717) is 0 Å². The summed E-state index contributed by atoms with van der Waals surface area (Å²) < 4.78 is 4.98. The van der Waals surface area contributed by atoms with Gasteiger partial charge in [0.25, 0.3) is 0 Å². The predicted octanol–water partition coefficient (Wildman–Crippen LogP) is 0.429. The summed E-state index contributed by atoms with van der Waals surface area (Å²) in [6, 6.07) is -0.472. The third-order valence-electron chi connectivity index (χ3n) is 1.71. The number of hydrogen-bond donors (Lipinski definition) is 1. The van der Waals surface area contributed by atoms with Crippen molar-refractivity contribution in [3.05, 3.63) is 0 Å². The van der Waals surface area contributed by atoms with Crippen LogP contribution in [0.25, 0.3) is 0 Å². The van der Waals surface area contributed by atoms with E-state index in [4.69, 9.17) is 10.5 Å². The van der Waals surface area contributed by atoms with Gasteiger partial charge in [-0.05, 0) is 26.2 Å². The first-order valence-corrected chi connectivity index (χ1v) is 3.66. The molecule has 3 nitrogen and oxygen atoms in total. The first-order valence-electron chi connectivity index (χ1n) is 3.66. The van der Waals surface area contributed by atoms with Crippen LogP contribution >= 0.6 is 0 Å². The highest BCUT2D eigenvalue weighted by atomic mass is 16.5. The van der Waals surface area contributed by atoms with Gasteiger partial charge in [0.05, 0.1) is 0 Å². The minimum absolute atomic E-state index is 0.165. The third kappa shape index (κ3) is 1.70. The van der Waals surface area contributed by atoms with Gasteiger partial charge in [-0.15, -0.1) is 0 Å². The van der Waals surface area contributed by atoms with Crippen molar-refractivity contribution in [2.24, 2.45) is 5.73 Å². The molecule has 0 spiro atoms. The lowest BCUT2D eigenvalue weighted by molar-refractivity contribution is -0.154. The molecule has 0 radical (unpaired) electrons. The summed E-state index contributed by atoms with van der Waals surface area (Å²) in [6.45, 7) is 1.64. The van der Waals surface area contributed by atoms with Crippen LogP contribution in [-0.2, 0) is 9.53 Å². The molecule has 2 N–H and O–H groups in total. The fourth-order valence-corrected chi connectivity index (χ4v) is 0.760. The van der Waals surface area contributed by atoms with Crippen molar-refractivity contribution in [1.29, 1.82) is 0 Å². The molecule has 1 rings (SSSR count). The Bertz CT molecular complexity index is 130. The van der Waals surface area contributed by atoms with Crippen LogP contribution in [0.5, 0.6) is 0 Å². The van der Waals surface area contributed by atoms with Crippen molar-refractivity contribution < 1.29 is 9.53 Å². The molecule has 0 unspecified atom stereocenters. The van der Waals surface area contributed by atoms with Crippen molar-refractivity contribution in [2.75, 3.05) is 0 Å². The first-order chi connectivity index (χ1) is 4.70. The highest BCUT2D eigenvalue weighted by Crippen LogP contribution is 2.21. The van der Waals surface area contributed by atoms with Crippen LogP contribution in [0.2, 0.25) is 0 Å². The minimum atomic E-state index is -0.472. The smallest absolute Gasteiger partial charge is 0.322 e. The maximum Gasteiger partial charge on any atom is 0.322 e. The van der Waals surface area contributed by atoms with Crippen LogP contribution in [0.15, 0.2) is 0 Å². The zero-order valence-electron chi connectivity index (χ0n) is 6.17. The van der Waals surface area contributed by atoms with Gasteiger partial charge in [-0.1, -0.05) is 0 Å². The lowest BCUT2D eigenvalue weighted by Gasteiger charge is -2.25. The van der Waals surface area contributed by atoms with E-state index in [-0.39, 0.29) is 12.1 Å². The summed E-state index contributed by atoms with van der Waals surface area (Å²) in [5.41, 5.74) is 5.29. The zero-order chi connectivity index (χ0) is 7.56. The summed E-state index contributed by atoms with van der Waals surface area (Å²) >= 11 is 0. The van der Waals surface area contributed by atoms with Crippen LogP contribution in [0, 0.1) is 0 Å². The highest BCUT2D eigenvalue weighted by Gasteiger charge is 2.22. The third-order valence-corrected chi connectivity index (χ3v) is 1.71. The normalized spacial score (nSPS) is 21.4. The molecular formula is C7H13NO2. The average Bonchev–Trinajstić information content (AvgIpc) is 1.77. The number of carbonyl (C=O) groups excluding carboxylic acids is 1. The van der Waals surface area contributed by atoms with Crippen LogP contribution < -0.4 is 5.73 Å². The second kappa shape index (κ2) is 3.01. The zero-order valence-corrected chi connectivity index (χ0v) is 6.17. The average molecular weight is 143 g/mol. The summed E-state index contributed by atoms with van der Waals surface area (Å²) in [5.74, 6) is -0.273. The van der Waals surface area contributed by atoms with Gasteiger partial charge >= 0.3 is 5.97 Å². The van der Waals surface area contributed by atoms with E-state index in [9.17, 15) is 4.79 Å². The second-order valence-corrected chi connectivity index (χ2v) is 2.78. The molecule has 0 heterocycles. The number of carbonyl (C=O) groups is 1. The molecule has 3 heteroatoms. The van der Waals surface area contributed by atoms with Gasteiger partial charge in [-0.3, -0.25) is 4.79 Å². The van der Waals surface area contributed by atoms with E-state index in [1.54, 1.807) is 6.92 Å². The maximum absolute atomic E-state index is 10.8. The summed E-state index contributed by atoms with van der Waals surface area (Å²) in [6.07, 6.45) is 3.37. The van der Waals surface area contributed by atoms with Crippen LogP contribution in [-0.4, -0.2) is 18.1 Å². The Morgan fingerprint density at radius 3 is 2.60 bits per heavy atom. The highest BCUT2D eigenvalue weighted by molar-refractivity contribution is 5.75. The molecule has 0 amide bonds. The largest absolute Gasteiger partial charge is 0.461 e. The molecular weight excluding hydrogens is 130 g/mol. The van der Waals surface area contributed by atoms with Crippen LogP contribution in [0.4, 0.5) is 0 Å². The molecule has 1 saturated carbocycles. The van der Waals surface area contributed by atoms with E-state index >= 15 is 0 Å². The first kappa shape index (κ1) is 7.54. The molecule has 0 saturated heterocycles. The van der Waals surface area contributed by atoms with Gasteiger partial charge in [0.2, 0.25) is 0 Å². The number of esters is 1. The van der Waals surface area contributed by atoms with E-state index < -0.39 is 6.04 Å². The Balaban J connectivity index is 2.17. The van der Waals surface area contributed by atoms with E-state index in [1.165, 1.54) is 6.42 Å². The molecule has 1 aliphatic carbocycles. The molecule has 1 atom stereocenters. The van der Waals surface area contributed by atoms with Gasteiger partial charge in [-0.25, -0.2) is 0 Å². The van der Waals surface area contributed by atoms with Crippen molar-refractivity contribution >= 4 is 5.97 Å². The molecule has 0 aliphatic heterocycles. The number of rotatable bonds is 2. The predicted molar refractivity (Wildman–Crippen MR) is 37.4 cm³/mol. The Hall–Kier alpha value is -0.570. The van der Waals surface area contributed by atoms with Crippen LogP contribution in [0.1, 0.15) is 26.2 Å². The number of hydrogen-bond acceptors (Lipinski definition) is 3. The molecule has 0 aromatic carbocycles. The Morgan fingerprint density at radius 2 is 2.30 bits per heavy atom. The SMILES string of the molecule is C[C@@H](N)C(=O)OC1CCC1. The van der Waals surface area contributed by atoms with Gasteiger partial charge in [0.15, 0.2) is 0 Å². The molecule has 1 fully saturated rings. The Morgan fingerprint density at radius 1 is 1.70 bits per heavy atom. The Labute approximate surface area is 60.5 Å². The standard InChI is InChI=1S/C7H13NO2/c1-5(8)7(9)10-6-3-2-4-6/h5-6H,2-4,8H2,1H3/t5-/m1/s1. The molecule has 0 aromatic rings. The molecule has 1 aliphatic rings. The molecule has 58 valence electrons. The fourth-order valence-electron chi connectivity index (χ4n) is 0.760. The summed E-state index contributed by atoms with van der Waals surface area (Å²) in [4.78, 5) is 10.8. The molecule has 0 bridgehead atoms. The quantitative estimate of drug-likeness (QED) is 0.570. The van der Waals surface area contributed by atoms with E-state index in [2.05, 4.69) is 0 Å². The van der Waals surface area contributed by atoms with E-state index in [0.717, 1.165) is 12.8 Å². The fraction of sp³-hybridized carbons (Fsp3) is 0.857. The van der Waals surface area contributed by atoms with Gasteiger partial charge < -0.3 is 10.5 Å². The second-order valence-electron chi connectivity index (χ2n) is 2.78. The Kier molecular flexibility index (Phi) is 2.27. The lowest BCUT2D eigenvalue weighted by atomic mass is 9.96. The van der Waals surface area contributed by atoms with Gasteiger partial charge in [0, 0.05) is 0 Å². The van der Waals surface area contributed by atoms with Crippen molar-refractivity contribution in [3.63, 3.8) is 0 Å². The maximum atomic E-state index is 10.8.